The molecule has 2 aromatic heterocycles. The van der Waals surface area contributed by atoms with E-state index in [-0.39, 0.29) is 5.91 Å². The second kappa shape index (κ2) is 7.17. The molecule has 112 valence electrons. The Kier molecular flexibility index (Phi) is 5.27. The highest BCUT2D eigenvalue weighted by Gasteiger charge is 2.12. The van der Waals surface area contributed by atoms with E-state index in [4.69, 9.17) is 0 Å². The van der Waals surface area contributed by atoms with Crippen LogP contribution in [-0.4, -0.2) is 22.4 Å². The van der Waals surface area contributed by atoms with Crippen molar-refractivity contribution < 1.29 is 4.79 Å². The molecule has 2 aromatic rings. The molecule has 6 heteroatoms. The van der Waals surface area contributed by atoms with Gasteiger partial charge in [-0.2, -0.15) is 0 Å². The van der Waals surface area contributed by atoms with Crippen LogP contribution >= 0.6 is 11.3 Å². The standard InChI is InChI=1S/C15H20N4OS/c1-4-5-16-14-6-10(2)17-8-13(14)15(20)18-7-12-9-21-11(3)19-12/h6,8-9H,4-5,7H2,1-3H3,(H,16,17)(H,18,20). The number of carbonyl (C=O) groups is 1. The predicted octanol–water partition coefficient (Wildman–Crippen LogP) is 2.91. The maximum absolute atomic E-state index is 12.3. The fourth-order valence-electron chi connectivity index (χ4n) is 1.90. The molecule has 21 heavy (non-hydrogen) atoms. The molecule has 2 heterocycles. The zero-order valence-electron chi connectivity index (χ0n) is 12.6. The lowest BCUT2D eigenvalue weighted by Gasteiger charge is -2.11. The lowest BCUT2D eigenvalue weighted by atomic mass is 10.2. The quantitative estimate of drug-likeness (QED) is 0.861. The van der Waals surface area contributed by atoms with Crippen molar-refractivity contribution in [2.75, 3.05) is 11.9 Å². The molecule has 0 radical (unpaired) electrons. The molecule has 0 saturated carbocycles. The van der Waals surface area contributed by atoms with E-state index in [9.17, 15) is 4.79 Å². The van der Waals surface area contributed by atoms with Crippen LogP contribution < -0.4 is 10.6 Å². The number of pyridine rings is 1. The Morgan fingerprint density at radius 2 is 2.19 bits per heavy atom. The van der Waals surface area contributed by atoms with E-state index in [1.54, 1.807) is 17.5 Å². The summed E-state index contributed by atoms with van der Waals surface area (Å²) in [6.45, 7) is 7.22. The number of thiazole rings is 1. The zero-order chi connectivity index (χ0) is 15.2. The molecular weight excluding hydrogens is 284 g/mol. The molecular formula is C15H20N4OS. The lowest BCUT2D eigenvalue weighted by Crippen LogP contribution is -2.24. The third-order valence-corrected chi connectivity index (χ3v) is 3.77. The summed E-state index contributed by atoms with van der Waals surface area (Å²) < 4.78 is 0. The normalized spacial score (nSPS) is 10.4. The summed E-state index contributed by atoms with van der Waals surface area (Å²) in [6, 6.07) is 1.90. The second-order valence-corrected chi connectivity index (χ2v) is 5.90. The predicted molar refractivity (Wildman–Crippen MR) is 85.8 cm³/mol. The van der Waals surface area contributed by atoms with Gasteiger partial charge in [0.1, 0.15) is 0 Å². The molecule has 0 atom stereocenters. The van der Waals surface area contributed by atoms with Gasteiger partial charge in [0.05, 0.1) is 28.5 Å². The van der Waals surface area contributed by atoms with E-state index < -0.39 is 0 Å². The van der Waals surface area contributed by atoms with Gasteiger partial charge >= 0.3 is 0 Å². The van der Waals surface area contributed by atoms with Gasteiger partial charge in [-0.15, -0.1) is 11.3 Å². The van der Waals surface area contributed by atoms with Crippen LogP contribution in [0, 0.1) is 13.8 Å². The van der Waals surface area contributed by atoms with Crippen LogP contribution in [0.2, 0.25) is 0 Å². The van der Waals surface area contributed by atoms with Crippen molar-refractivity contribution in [1.82, 2.24) is 15.3 Å². The first-order valence-corrected chi connectivity index (χ1v) is 7.88. The Balaban J connectivity index is 2.07. The maximum atomic E-state index is 12.3. The molecule has 0 aromatic carbocycles. The van der Waals surface area contributed by atoms with Gasteiger partial charge in [0, 0.05) is 23.8 Å². The van der Waals surface area contributed by atoms with Crippen LogP contribution in [-0.2, 0) is 6.54 Å². The van der Waals surface area contributed by atoms with Gasteiger partial charge in [0.25, 0.3) is 5.91 Å². The van der Waals surface area contributed by atoms with Crippen LogP contribution in [0.5, 0.6) is 0 Å². The fraction of sp³-hybridized carbons (Fsp3) is 0.400. The third-order valence-electron chi connectivity index (χ3n) is 2.95. The summed E-state index contributed by atoms with van der Waals surface area (Å²) >= 11 is 1.58. The van der Waals surface area contributed by atoms with E-state index in [0.29, 0.717) is 12.1 Å². The first-order valence-electron chi connectivity index (χ1n) is 7.00. The number of carbonyl (C=O) groups excluding carboxylic acids is 1. The van der Waals surface area contributed by atoms with E-state index in [2.05, 4.69) is 27.5 Å². The Hall–Kier alpha value is -1.95. The first-order chi connectivity index (χ1) is 10.1. The number of aryl methyl sites for hydroxylation is 2. The Bertz CT molecular complexity index is 624. The minimum atomic E-state index is -0.133. The largest absolute Gasteiger partial charge is 0.384 e. The van der Waals surface area contributed by atoms with Crippen molar-refractivity contribution in [3.8, 4) is 0 Å². The third kappa shape index (κ3) is 4.26. The van der Waals surface area contributed by atoms with Crippen molar-refractivity contribution in [2.45, 2.75) is 33.7 Å². The van der Waals surface area contributed by atoms with Gasteiger partial charge in [-0.1, -0.05) is 6.92 Å². The van der Waals surface area contributed by atoms with Crippen molar-refractivity contribution in [2.24, 2.45) is 0 Å². The molecule has 0 saturated heterocycles. The Labute approximate surface area is 128 Å². The maximum Gasteiger partial charge on any atom is 0.255 e. The van der Waals surface area contributed by atoms with Crippen molar-refractivity contribution >= 4 is 22.9 Å². The number of hydrogen-bond donors (Lipinski definition) is 2. The van der Waals surface area contributed by atoms with E-state index in [0.717, 1.165) is 35.0 Å². The lowest BCUT2D eigenvalue weighted by molar-refractivity contribution is 0.0951. The van der Waals surface area contributed by atoms with Gasteiger partial charge in [-0.25, -0.2) is 4.98 Å². The summed E-state index contributed by atoms with van der Waals surface area (Å²) in [5.41, 5.74) is 3.17. The average Bonchev–Trinajstić information content (AvgIpc) is 2.88. The fourth-order valence-corrected chi connectivity index (χ4v) is 2.51. The highest BCUT2D eigenvalue weighted by Crippen LogP contribution is 2.16. The van der Waals surface area contributed by atoms with E-state index >= 15 is 0 Å². The number of nitrogens with one attached hydrogen (secondary N) is 2. The number of rotatable bonds is 6. The molecule has 5 nitrogen and oxygen atoms in total. The van der Waals surface area contributed by atoms with Crippen LogP contribution in [0.3, 0.4) is 0 Å². The first kappa shape index (κ1) is 15.4. The minimum absolute atomic E-state index is 0.133. The number of nitrogens with zero attached hydrogens (tertiary/aromatic N) is 2. The van der Waals surface area contributed by atoms with Crippen LogP contribution in [0.15, 0.2) is 17.6 Å². The number of amides is 1. The molecule has 1 amide bonds. The zero-order valence-corrected chi connectivity index (χ0v) is 13.4. The van der Waals surface area contributed by atoms with Gasteiger partial charge in [0.15, 0.2) is 0 Å². The molecule has 0 unspecified atom stereocenters. The van der Waals surface area contributed by atoms with Crippen LogP contribution in [0.25, 0.3) is 0 Å². The Morgan fingerprint density at radius 3 is 2.86 bits per heavy atom. The highest BCUT2D eigenvalue weighted by atomic mass is 32.1. The van der Waals surface area contributed by atoms with Crippen LogP contribution in [0.4, 0.5) is 5.69 Å². The van der Waals surface area contributed by atoms with Crippen LogP contribution in [0.1, 0.15) is 40.1 Å². The minimum Gasteiger partial charge on any atom is -0.384 e. The number of hydrogen-bond acceptors (Lipinski definition) is 5. The molecule has 0 aliphatic rings. The van der Waals surface area contributed by atoms with Crippen molar-refractivity contribution in [1.29, 1.82) is 0 Å². The van der Waals surface area contributed by atoms with Crippen molar-refractivity contribution in [3.63, 3.8) is 0 Å². The van der Waals surface area contributed by atoms with E-state index in [1.807, 2.05) is 25.3 Å². The summed E-state index contributed by atoms with van der Waals surface area (Å²) in [6.07, 6.45) is 2.62. The molecule has 2 N–H and O–H groups in total. The molecule has 0 aliphatic carbocycles. The number of anilines is 1. The highest BCUT2D eigenvalue weighted by molar-refractivity contribution is 7.09. The topological polar surface area (TPSA) is 66.9 Å². The van der Waals surface area contributed by atoms with Crippen molar-refractivity contribution in [3.05, 3.63) is 39.6 Å². The molecule has 2 rings (SSSR count). The summed E-state index contributed by atoms with van der Waals surface area (Å²) in [5, 5.41) is 9.12. The smallest absolute Gasteiger partial charge is 0.255 e. The summed E-state index contributed by atoms with van der Waals surface area (Å²) in [4.78, 5) is 20.9. The molecule has 0 spiro atoms. The van der Waals surface area contributed by atoms with Gasteiger partial charge < -0.3 is 10.6 Å². The molecule has 0 aliphatic heterocycles. The molecule has 0 bridgehead atoms. The average molecular weight is 304 g/mol. The molecule has 0 fully saturated rings. The van der Waals surface area contributed by atoms with Gasteiger partial charge in [0.2, 0.25) is 0 Å². The van der Waals surface area contributed by atoms with Gasteiger partial charge in [-0.3, -0.25) is 9.78 Å². The monoisotopic (exact) mass is 304 g/mol. The Morgan fingerprint density at radius 1 is 1.38 bits per heavy atom. The SMILES string of the molecule is CCCNc1cc(C)ncc1C(=O)NCc1csc(C)n1. The van der Waals surface area contributed by atoms with Gasteiger partial charge in [-0.05, 0) is 26.3 Å². The summed E-state index contributed by atoms with van der Waals surface area (Å²) in [5.74, 6) is -0.133. The number of aromatic nitrogens is 2. The van der Waals surface area contributed by atoms with E-state index in [1.165, 1.54) is 0 Å². The summed E-state index contributed by atoms with van der Waals surface area (Å²) in [7, 11) is 0. The second-order valence-electron chi connectivity index (χ2n) is 4.84.